The van der Waals surface area contributed by atoms with Gasteiger partial charge in [-0.15, -0.1) is 0 Å². The van der Waals surface area contributed by atoms with Gasteiger partial charge in [0.25, 0.3) is 5.91 Å². The molecule has 2 aliphatic carbocycles. The Balaban J connectivity index is 1.12. The third-order valence-corrected chi connectivity index (χ3v) is 6.48. The number of nitrogens with one attached hydrogen (secondary N) is 1. The van der Waals surface area contributed by atoms with Gasteiger partial charge in [-0.3, -0.25) is 9.69 Å². The van der Waals surface area contributed by atoms with Crippen molar-refractivity contribution >= 4 is 5.91 Å². The number of hydrogen-bond donors (Lipinski definition) is 2. The van der Waals surface area contributed by atoms with E-state index in [0.29, 0.717) is 19.4 Å². The Labute approximate surface area is 178 Å². The zero-order chi connectivity index (χ0) is 20.6. The Morgan fingerprint density at radius 1 is 1.10 bits per heavy atom. The fourth-order valence-electron chi connectivity index (χ4n) is 4.02. The minimum Gasteiger partial charge on any atom is -0.493 e. The minimum atomic E-state index is -1.10. The first-order valence-electron chi connectivity index (χ1n) is 11.1. The number of benzene rings is 2. The number of aliphatic hydroxyl groups is 1. The molecule has 0 bridgehead atoms. The Bertz CT molecular complexity index is 916. The van der Waals surface area contributed by atoms with E-state index in [1.807, 2.05) is 0 Å². The third-order valence-electron chi connectivity index (χ3n) is 6.48. The molecule has 30 heavy (non-hydrogen) atoms. The maximum Gasteiger partial charge on any atom is 0.252 e. The molecule has 0 aromatic heterocycles. The summed E-state index contributed by atoms with van der Waals surface area (Å²) in [6, 6.07) is 15.0. The van der Waals surface area contributed by atoms with Gasteiger partial charge in [-0.1, -0.05) is 30.3 Å². The van der Waals surface area contributed by atoms with Gasteiger partial charge < -0.3 is 15.2 Å². The van der Waals surface area contributed by atoms with E-state index >= 15 is 0 Å². The van der Waals surface area contributed by atoms with Gasteiger partial charge >= 0.3 is 0 Å². The quantitative estimate of drug-likeness (QED) is 0.707. The highest BCUT2D eigenvalue weighted by atomic mass is 16.5. The minimum absolute atomic E-state index is 0.250. The van der Waals surface area contributed by atoms with Gasteiger partial charge in [0.1, 0.15) is 11.4 Å². The van der Waals surface area contributed by atoms with Crippen LogP contribution in [-0.2, 0) is 30.8 Å². The van der Waals surface area contributed by atoms with Crippen LogP contribution in [0.1, 0.15) is 47.9 Å². The maximum atomic E-state index is 11.8. The number of carbonyl (C=O) groups excluding carboxylic acids is 1. The van der Waals surface area contributed by atoms with E-state index in [1.165, 1.54) is 29.5 Å². The molecular formula is C25H30N2O3. The van der Waals surface area contributed by atoms with Crippen molar-refractivity contribution in [3.8, 4) is 5.75 Å². The number of nitrogens with zero attached hydrogens (tertiary/aromatic N) is 1. The molecule has 5 nitrogen and oxygen atoms in total. The average Bonchev–Trinajstić information content (AvgIpc) is 3.69. The second-order valence-corrected chi connectivity index (χ2v) is 9.18. The highest BCUT2D eigenvalue weighted by Gasteiger charge is 2.47. The number of fused-ring (bicyclic) bond motifs is 1. The molecule has 2 N–H and O–H groups in total. The summed E-state index contributed by atoms with van der Waals surface area (Å²) in [4.78, 5) is 14.3. The molecule has 0 atom stereocenters. The molecule has 3 aliphatic rings. The van der Waals surface area contributed by atoms with Gasteiger partial charge in [0, 0.05) is 26.2 Å². The predicted molar refractivity (Wildman–Crippen MR) is 115 cm³/mol. The number of ether oxygens (including phenoxy) is 1. The third kappa shape index (κ3) is 4.68. The molecule has 0 saturated heterocycles. The molecule has 2 fully saturated rings. The lowest BCUT2D eigenvalue weighted by Gasteiger charge is -2.29. The Morgan fingerprint density at radius 3 is 2.60 bits per heavy atom. The van der Waals surface area contributed by atoms with Crippen molar-refractivity contribution in [3.05, 3.63) is 64.7 Å². The van der Waals surface area contributed by atoms with Crippen LogP contribution in [-0.4, -0.2) is 34.7 Å². The molecule has 2 aromatic carbocycles. The van der Waals surface area contributed by atoms with E-state index in [-0.39, 0.29) is 5.91 Å². The SMILES string of the molecule is O=C(NCc1ccc(CN2CCc3cc(OCC4CC4)ccc3C2)cc1)C1(O)CC1. The van der Waals surface area contributed by atoms with E-state index in [9.17, 15) is 9.90 Å². The summed E-state index contributed by atoms with van der Waals surface area (Å²) >= 11 is 0. The molecule has 2 saturated carbocycles. The summed E-state index contributed by atoms with van der Waals surface area (Å²) in [5.74, 6) is 1.55. The fraction of sp³-hybridized carbons (Fsp3) is 0.480. The Hall–Kier alpha value is -2.37. The molecule has 1 aliphatic heterocycles. The van der Waals surface area contributed by atoms with Crippen molar-refractivity contribution in [2.45, 2.75) is 57.3 Å². The zero-order valence-electron chi connectivity index (χ0n) is 17.4. The van der Waals surface area contributed by atoms with Gasteiger partial charge in [-0.2, -0.15) is 0 Å². The number of hydrogen-bond acceptors (Lipinski definition) is 4. The van der Waals surface area contributed by atoms with Crippen LogP contribution >= 0.6 is 0 Å². The Kier molecular flexibility index (Phi) is 5.25. The van der Waals surface area contributed by atoms with Crippen LogP contribution in [0, 0.1) is 5.92 Å². The van der Waals surface area contributed by atoms with Gasteiger partial charge in [0.15, 0.2) is 0 Å². The fourth-order valence-corrected chi connectivity index (χ4v) is 4.02. The highest BCUT2D eigenvalue weighted by Crippen LogP contribution is 2.35. The number of amides is 1. The van der Waals surface area contributed by atoms with Gasteiger partial charge in [-0.25, -0.2) is 0 Å². The molecular weight excluding hydrogens is 376 g/mol. The van der Waals surface area contributed by atoms with Crippen LogP contribution in [0.4, 0.5) is 0 Å². The van der Waals surface area contributed by atoms with E-state index in [0.717, 1.165) is 49.9 Å². The second kappa shape index (κ2) is 8.05. The maximum absolute atomic E-state index is 11.8. The van der Waals surface area contributed by atoms with Crippen molar-refractivity contribution in [2.75, 3.05) is 13.2 Å². The van der Waals surface area contributed by atoms with Gasteiger partial charge in [-0.05, 0) is 72.4 Å². The van der Waals surface area contributed by atoms with Crippen LogP contribution in [0.3, 0.4) is 0 Å². The van der Waals surface area contributed by atoms with Crippen LogP contribution in [0.2, 0.25) is 0 Å². The molecule has 5 heteroatoms. The lowest BCUT2D eigenvalue weighted by atomic mass is 9.99. The summed E-state index contributed by atoms with van der Waals surface area (Å²) in [5.41, 5.74) is 4.05. The van der Waals surface area contributed by atoms with E-state index in [4.69, 9.17) is 4.74 Å². The van der Waals surface area contributed by atoms with Crippen molar-refractivity contribution in [2.24, 2.45) is 5.92 Å². The van der Waals surface area contributed by atoms with Crippen molar-refractivity contribution in [1.82, 2.24) is 10.2 Å². The predicted octanol–water partition coefficient (Wildman–Crippen LogP) is 3.17. The summed E-state index contributed by atoms with van der Waals surface area (Å²) < 4.78 is 5.93. The first-order chi connectivity index (χ1) is 14.6. The lowest BCUT2D eigenvalue weighted by molar-refractivity contribution is -0.131. The standard InChI is InChI=1S/C25H30N2O3/c28-24(25(29)10-11-25)26-14-18-1-3-19(4-2-18)15-27-12-9-21-13-23(8-7-22(21)16-27)30-17-20-5-6-20/h1-4,7-8,13,20,29H,5-6,9-12,14-17H2,(H,26,28). The van der Waals surface area contributed by atoms with Crippen LogP contribution in [0.15, 0.2) is 42.5 Å². The normalized spacial score (nSPS) is 19.8. The lowest BCUT2D eigenvalue weighted by Crippen LogP contribution is -2.35. The van der Waals surface area contributed by atoms with Crippen molar-refractivity contribution in [3.63, 3.8) is 0 Å². The molecule has 158 valence electrons. The molecule has 1 amide bonds. The summed E-state index contributed by atoms with van der Waals surface area (Å²) in [6.07, 6.45) is 4.85. The van der Waals surface area contributed by atoms with E-state index < -0.39 is 5.60 Å². The van der Waals surface area contributed by atoms with Crippen LogP contribution in [0.5, 0.6) is 5.75 Å². The van der Waals surface area contributed by atoms with E-state index in [1.54, 1.807) is 0 Å². The zero-order valence-corrected chi connectivity index (χ0v) is 17.4. The van der Waals surface area contributed by atoms with Crippen molar-refractivity contribution in [1.29, 1.82) is 0 Å². The monoisotopic (exact) mass is 406 g/mol. The highest BCUT2D eigenvalue weighted by molar-refractivity contribution is 5.87. The van der Waals surface area contributed by atoms with E-state index in [2.05, 4.69) is 52.7 Å². The second-order valence-electron chi connectivity index (χ2n) is 9.18. The number of rotatable bonds is 8. The number of carbonyl (C=O) groups is 1. The molecule has 2 aromatic rings. The molecule has 0 unspecified atom stereocenters. The largest absolute Gasteiger partial charge is 0.493 e. The first-order valence-corrected chi connectivity index (χ1v) is 11.1. The Morgan fingerprint density at radius 2 is 1.87 bits per heavy atom. The molecule has 5 rings (SSSR count). The molecule has 1 heterocycles. The summed E-state index contributed by atoms with van der Waals surface area (Å²) in [7, 11) is 0. The van der Waals surface area contributed by atoms with Crippen molar-refractivity contribution < 1.29 is 14.6 Å². The van der Waals surface area contributed by atoms with Gasteiger partial charge in [0.2, 0.25) is 0 Å². The van der Waals surface area contributed by atoms with Gasteiger partial charge in [0.05, 0.1) is 6.61 Å². The smallest absolute Gasteiger partial charge is 0.252 e. The molecule has 0 radical (unpaired) electrons. The summed E-state index contributed by atoms with van der Waals surface area (Å²) in [6.45, 7) is 4.27. The topological polar surface area (TPSA) is 61.8 Å². The van der Waals surface area contributed by atoms with Crippen LogP contribution in [0.25, 0.3) is 0 Å². The van der Waals surface area contributed by atoms with Crippen LogP contribution < -0.4 is 10.1 Å². The molecule has 0 spiro atoms. The summed E-state index contributed by atoms with van der Waals surface area (Å²) in [5, 5.41) is 12.6. The first kappa shape index (κ1) is 19.6. The average molecular weight is 407 g/mol.